The summed E-state index contributed by atoms with van der Waals surface area (Å²) in [5, 5.41) is 0. The molecule has 0 saturated heterocycles. The highest BCUT2D eigenvalue weighted by Crippen LogP contribution is 2.14. The van der Waals surface area contributed by atoms with E-state index in [9.17, 15) is 8.42 Å². The maximum absolute atomic E-state index is 11.7. The Morgan fingerprint density at radius 3 is 2.36 bits per heavy atom. The molecule has 0 heterocycles. The molecule has 0 aliphatic heterocycles. The monoisotopic (exact) mass is 296 g/mol. The lowest BCUT2D eigenvalue weighted by Gasteiger charge is -2.06. The lowest BCUT2D eigenvalue weighted by Crippen LogP contribution is -2.17. The Morgan fingerprint density at radius 2 is 1.86 bits per heavy atom. The standard InChI is InChI=1S/C9H10BrClO2S/c10-8(6-11)7-14(12,13)9-4-2-1-3-5-9/h1-5,8H,6-7H2/t8-/m1/s1. The van der Waals surface area contributed by atoms with Crippen LogP contribution in [0.1, 0.15) is 0 Å². The summed E-state index contributed by atoms with van der Waals surface area (Å²) in [6.45, 7) is 0. The molecule has 0 fully saturated rings. The second-order valence-electron chi connectivity index (χ2n) is 2.85. The molecule has 1 atom stereocenters. The van der Waals surface area contributed by atoms with Crippen LogP contribution in [0.3, 0.4) is 0 Å². The Bertz CT molecular complexity index is 377. The van der Waals surface area contributed by atoms with Gasteiger partial charge < -0.3 is 0 Å². The SMILES string of the molecule is O=S(=O)(C[C@H](Br)CCl)c1ccccc1. The molecule has 0 N–H and O–H groups in total. The molecule has 0 aliphatic carbocycles. The van der Waals surface area contributed by atoms with E-state index in [1.807, 2.05) is 0 Å². The smallest absolute Gasteiger partial charge is 0.179 e. The van der Waals surface area contributed by atoms with Crippen molar-refractivity contribution in [2.45, 2.75) is 9.72 Å². The first-order valence-electron chi connectivity index (χ1n) is 4.04. The largest absolute Gasteiger partial charge is 0.224 e. The molecule has 0 unspecified atom stereocenters. The Hall–Kier alpha value is -0.0600. The maximum Gasteiger partial charge on any atom is 0.179 e. The first-order valence-corrected chi connectivity index (χ1v) is 7.14. The molecule has 0 aliphatic rings. The minimum Gasteiger partial charge on any atom is -0.224 e. The number of hydrogen-bond donors (Lipinski definition) is 0. The van der Waals surface area contributed by atoms with Crippen LogP contribution >= 0.6 is 27.5 Å². The third kappa shape index (κ3) is 3.26. The van der Waals surface area contributed by atoms with Crippen molar-refractivity contribution in [1.29, 1.82) is 0 Å². The quantitative estimate of drug-likeness (QED) is 0.800. The molecule has 0 bridgehead atoms. The highest BCUT2D eigenvalue weighted by atomic mass is 79.9. The number of hydrogen-bond acceptors (Lipinski definition) is 2. The van der Waals surface area contributed by atoms with Gasteiger partial charge in [0.2, 0.25) is 0 Å². The van der Waals surface area contributed by atoms with Crippen LogP contribution in [0, 0.1) is 0 Å². The Balaban J connectivity index is 2.87. The molecule has 5 heteroatoms. The second kappa shape index (κ2) is 5.14. The number of halogens is 2. The fourth-order valence-corrected chi connectivity index (χ4v) is 3.65. The van der Waals surface area contributed by atoms with Gasteiger partial charge >= 0.3 is 0 Å². The van der Waals surface area contributed by atoms with Gasteiger partial charge in [-0.2, -0.15) is 0 Å². The fourth-order valence-electron chi connectivity index (χ4n) is 1.01. The van der Waals surface area contributed by atoms with E-state index in [0.717, 1.165) is 0 Å². The van der Waals surface area contributed by atoms with Crippen LogP contribution in [0.15, 0.2) is 35.2 Å². The molecule has 1 aromatic rings. The van der Waals surface area contributed by atoms with Crippen LogP contribution in [0.2, 0.25) is 0 Å². The molecule has 1 rings (SSSR count). The zero-order valence-corrected chi connectivity index (χ0v) is 10.5. The third-order valence-electron chi connectivity index (χ3n) is 1.67. The van der Waals surface area contributed by atoms with Crippen LogP contribution < -0.4 is 0 Å². The van der Waals surface area contributed by atoms with Crippen molar-refractivity contribution in [3.63, 3.8) is 0 Å². The van der Waals surface area contributed by atoms with E-state index in [-0.39, 0.29) is 16.5 Å². The predicted octanol–water partition coefficient (Wildman–Crippen LogP) is 2.46. The molecular formula is C9H10BrClO2S. The summed E-state index contributed by atoms with van der Waals surface area (Å²) in [6.07, 6.45) is 0. The average molecular weight is 298 g/mol. The topological polar surface area (TPSA) is 34.1 Å². The molecule has 0 spiro atoms. The summed E-state index contributed by atoms with van der Waals surface area (Å²) in [6, 6.07) is 8.37. The summed E-state index contributed by atoms with van der Waals surface area (Å²) in [7, 11) is -3.20. The number of benzene rings is 1. The van der Waals surface area contributed by atoms with E-state index >= 15 is 0 Å². The Labute approximate surface area is 97.3 Å². The van der Waals surface area contributed by atoms with Gasteiger partial charge in [0.25, 0.3) is 0 Å². The zero-order valence-electron chi connectivity index (χ0n) is 7.36. The van der Waals surface area contributed by atoms with E-state index in [4.69, 9.17) is 11.6 Å². The first-order chi connectivity index (χ1) is 6.56. The van der Waals surface area contributed by atoms with Crippen LogP contribution in [0.5, 0.6) is 0 Å². The average Bonchev–Trinajstić information content (AvgIpc) is 2.18. The normalized spacial score (nSPS) is 13.9. The highest BCUT2D eigenvalue weighted by molar-refractivity contribution is 9.09. The van der Waals surface area contributed by atoms with Crippen molar-refractivity contribution >= 4 is 37.4 Å². The van der Waals surface area contributed by atoms with E-state index in [0.29, 0.717) is 4.90 Å². The van der Waals surface area contributed by atoms with Gasteiger partial charge in [-0.1, -0.05) is 34.1 Å². The van der Waals surface area contributed by atoms with E-state index in [2.05, 4.69) is 15.9 Å². The molecule has 0 radical (unpaired) electrons. The first kappa shape index (κ1) is 12.0. The van der Waals surface area contributed by atoms with Crippen molar-refractivity contribution in [1.82, 2.24) is 0 Å². The van der Waals surface area contributed by atoms with Gasteiger partial charge in [-0.25, -0.2) is 8.42 Å². The van der Waals surface area contributed by atoms with Gasteiger partial charge in [-0.05, 0) is 12.1 Å². The van der Waals surface area contributed by atoms with E-state index in [1.165, 1.54) is 0 Å². The molecule has 0 aromatic heterocycles. The summed E-state index contributed by atoms with van der Waals surface area (Å²) >= 11 is 8.73. The van der Waals surface area contributed by atoms with Gasteiger partial charge in [0.1, 0.15) is 0 Å². The van der Waals surface area contributed by atoms with Crippen LogP contribution in [0.25, 0.3) is 0 Å². The van der Waals surface area contributed by atoms with Crippen LogP contribution in [-0.2, 0) is 9.84 Å². The third-order valence-corrected chi connectivity index (χ3v) is 5.32. The van der Waals surface area contributed by atoms with Gasteiger partial charge in [0.15, 0.2) is 9.84 Å². The van der Waals surface area contributed by atoms with Crippen molar-refractivity contribution < 1.29 is 8.42 Å². The van der Waals surface area contributed by atoms with E-state index in [1.54, 1.807) is 30.3 Å². The number of alkyl halides is 2. The van der Waals surface area contributed by atoms with Gasteiger partial charge in [0, 0.05) is 10.7 Å². The van der Waals surface area contributed by atoms with Gasteiger partial charge in [-0.15, -0.1) is 11.6 Å². The molecule has 14 heavy (non-hydrogen) atoms. The van der Waals surface area contributed by atoms with Crippen molar-refractivity contribution in [3.8, 4) is 0 Å². The fraction of sp³-hybridized carbons (Fsp3) is 0.333. The van der Waals surface area contributed by atoms with Crippen LogP contribution in [-0.4, -0.2) is 24.9 Å². The highest BCUT2D eigenvalue weighted by Gasteiger charge is 2.18. The molecular weight excluding hydrogens is 288 g/mol. The summed E-state index contributed by atoms with van der Waals surface area (Å²) in [4.78, 5) is 0.143. The number of sulfone groups is 1. The summed E-state index contributed by atoms with van der Waals surface area (Å²) < 4.78 is 23.4. The zero-order chi connectivity index (χ0) is 10.6. The second-order valence-corrected chi connectivity index (χ2v) is 6.48. The lowest BCUT2D eigenvalue weighted by atomic mass is 10.4. The van der Waals surface area contributed by atoms with Crippen molar-refractivity contribution in [3.05, 3.63) is 30.3 Å². The maximum atomic E-state index is 11.7. The molecule has 0 amide bonds. The van der Waals surface area contributed by atoms with Gasteiger partial charge in [-0.3, -0.25) is 0 Å². The minimum absolute atomic E-state index is 0.0283. The van der Waals surface area contributed by atoms with Crippen molar-refractivity contribution in [2.75, 3.05) is 11.6 Å². The van der Waals surface area contributed by atoms with Crippen molar-refractivity contribution in [2.24, 2.45) is 0 Å². The van der Waals surface area contributed by atoms with Gasteiger partial charge in [0.05, 0.1) is 10.6 Å². The lowest BCUT2D eigenvalue weighted by molar-refractivity contribution is 0.595. The molecule has 2 nitrogen and oxygen atoms in total. The summed E-state index contributed by atoms with van der Waals surface area (Å²) in [5.41, 5.74) is 0. The molecule has 0 saturated carbocycles. The molecule has 78 valence electrons. The van der Waals surface area contributed by atoms with Crippen LogP contribution in [0.4, 0.5) is 0 Å². The van der Waals surface area contributed by atoms with E-state index < -0.39 is 9.84 Å². The number of rotatable bonds is 4. The summed E-state index contributed by atoms with van der Waals surface area (Å²) in [5.74, 6) is 0.312. The Morgan fingerprint density at radius 1 is 1.29 bits per heavy atom. The minimum atomic E-state index is -3.20. The molecule has 1 aromatic carbocycles. The predicted molar refractivity (Wildman–Crippen MR) is 61.9 cm³/mol. The Kier molecular flexibility index (Phi) is 4.41.